The van der Waals surface area contributed by atoms with E-state index >= 15 is 0 Å². The first-order chi connectivity index (χ1) is 10.3. The van der Waals surface area contributed by atoms with Crippen LogP contribution in [0.1, 0.15) is 43.7 Å². The van der Waals surface area contributed by atoms with E-state index in [1.165, 1.54) is 12.0 Å². The van der Waals surface area contributed by atoms with Crippen molar-refractivity contribution in [3.05, 3.63) is 29.8 Å². The number of rotatable bonds is 2. The van der Waals surface area contributed by atoms with E-state index in [1.54, 1.807) is 0 Å². The van der Waals surface area contributed by atoms with Gasteiger partial charge in [0.1, 0.15) is 0 Å². The number of anilines is 1. The summed E-state index contributed by atoms with van der Waals surface area (Å²) in [5.41, 5.74) is 8.59. The van der Waals surface area contributed by atoms with Crippen molar-refractivity contribution in [3.8, 4) is 0 Å². The zero-order valence-electron chi connectivity index (χ0n) is 12.6. The van der Waals surface area contributed by atoms with Crippen LogP contribution in [0.5, 0.6) is 0 Å². The van der Waals surface area contributed by atoms with Crippen LogP contribution in [-0.4, -0.2) is 37.0 Å². The third-order valence-corrected chi connectivity index (χ3v) is 4.65. The third-order valence-electron chi connectivity index (χ3n) is 4.65. The van der Waals surface area contributed by atoms with Crippen LogP contribution in [0.4, 0.5) is 5.69 Å². The highest BCUT2D eigenvalue weighted by Crippen LogP contribution is 2.31. The zero-order valence-corrected chi connectivity index (χ0v) is 12.6. The van der Waals surface area contributed by atoms with Crippen molar-refractivity contribution in [2.75, 3.05) is 31.1 Å². The molecule has 3 rings (SSSR count). The molecule has 1 atom stereocenters. The second-order valence-corrected chi connectivity index (χ2v) is 6.17. The van der Waals surface area contributed by atoms with Gasteiger partial charge in [-0.15, -0.1) is 0 Å². The molecule has 21 heavy (non-hydrogen) atoms. The highest BCUT2D eigenvalue weighted by atomic mass is 16.2. The van der Waals surface area contributed by atoms with Crippen LogP contribution < -0.4 is 10.6 Å². The van der Waals surface area contributed by atoms with E-state index < -0.39 is 0 Å². The summed E-state index contributed by atoms with van der Waals surface area (Å²) in [5.74, 6) is 0.264. The monoisotopic (exact) mass is 287 g/mol. The smallest absolute Gasteiger partial charge is 0.242 e. The molecule has 1 amide bonds. The number of benzene rings is 1. The number of carbonyl (C=O) groups excluding carboxylic acids is 1. The van der Waals surface area contributed by atoms with Gasteiger partial charge in [0.05, 0.1) is 6.54 Å². The fourth-order valence-electron chi connectivity index (χ4n) is 3.44. The summed E-state index contributed by atoms with van der Waals surface area (Å²) in [7, 11) is 0. The number of carbonyl (C=O) groups is 1. The standard InChI is InChI=1S/C17H25N3O/c18-15-8-6-12-20(16-9-3-2-7-14(15)16)13-17(21)19-10-4-1-5-11-19/h2-3,7,9,15H,1,4-6,8,10-13,18H2. The van der Waals surface area contributed by atoms with Crippen molar-refractivity contribution in [2.45, 2.75) is 38.1 Å². The summed E-state index contributed by atoms with van der Waals surface area (Å²) in [4.78, 5) is 16.8. The highest BCUT2D eigenvalue weighted by Gasteiger charge is 2.24. The molecule has 4 nitrogen and oxygen atoms in total. The first kappa shape index (κ1) is 14.4. The molecule has 1 fully saturated rings. The van der Waals surface area contributed by atoms with Gasteiger partial charge in [0.25, 0.3) is 0 Å². The van der Waals surface area contributed by atoms with Gasteiger partial charge in [-0.3, -0.25) is 4.79 Å². The van der Waals surface area contributed by atoms with Crippen LogP contribution in [0, 0.1) is 0 Å². The molecule has 1 aromatic carbocycles. The van der Waals surface area contributed by atoms with Gasteiger partial charge in [0, 0.05) is 31.4 Å². The summed E-state index contributed by atoms with van der Waals surface area (Å²) in [6.45, 7) is 3.26. The fraction of sp³-hybridized carbons (Fsp3) is 0.588. The van der Waals surface area contributed by atoms with Gasteiger partial charge in [-0.1, -0.05) is 18.2 Å². The number of hydrogen-bond donors (Lipinski definition) is 1. The van der Waals surface area contributed by atoms with Gasteiger partial charge in [0.15, 0.2) is 0 Å². The van der Waals surface area contributed by atoms with E-state index in [0.29, 0.717) is 6.54 Å². The molecule has 2 N–H and O–H groups in total. The molecule has 0 spiro atoms. The average Bonchev–Trinajstić information content (AvgIpc) is 2.69. The molecule has 0 saturated carbocycles. The summed E-state index contributed by atoms with van der Waals surface area (Å²) in [6.07, 6.45) is 5.58. The molecule has 114 valence electrons. The van der Waals surface area contributed by atoms with Crippen LogP contribution >= 0.6 is 0 Å². The van der Waals surface area contributed by atoms with Gasteiger partial charge in [0.2, 0.25) is 5.91 Å². The van der Waals surface area contributed by atoms with E-state index in [0.717, 1.165) is 51.0 Å². The maximum atomic E-state index is 12.5. The minimum Gasteiger partial charge on any atom is -0.362 e. The Morgan fingerprint density at radius 1 is 1.10 bits per heavy atom. The molecule has 2 heterocycles. The number of likely N-dealkylation sites (tertiary alicyclic amines) is 1. The number of piperidine rings is 1. The number of amides is 1. The fourth-order valence-corrected chi connectivity index (χ4v) is 3.44. The summed E-state index contributed by atoms with van der Waals surface area (Å²) in [6, 6.07) is 8.37. The Morgan fingerprint density at radius 3 is 2.67 bits per heavy atom. The first-order valence-electron chi connectivity index (χ1n) is 8.13. The molecule has 0 aromatic heterocycles. The molecule has 4 heteroatoms. The minimum absolute atomic E-state index is 0.0938. The second-order valence-electron chi connectivity index (χ2n) is 6.17. The topological polar surface area (TPSA) is 49.6 Å². The lowest BCUT2D eigenvalue weighted by Gasteiger charge is -2.31. The van der Waals surface area contributed by atoms with E-state index in [9.17, 15) is 4.79 Å². The molecule has 1 aromatic rings. The van der Waals surface area contributed by atoms with Crippen LogP contribution in [0.2, 0.25) is 0 Å². The molecule has 2 aliphatic heterocycles. The highest BCUT2D eigenvalue weighted by molar-refractivity contribution is 5.82. The number of fused-ring (bicyclic) bond motifs is 1. The van der Waals surface area contributed by atoms with Gasteiger partial charge in [-0.25, -0.2) is 0 Å². The van der Waals surface area contributed by atoms with E-state index in [2.05, 4.69) is 17.0 Å². The molecule has 0 radical (unpaired) electrons. The van der Waals surface area contributed by atoms with Crippen molar-refractivity contribution >= 4 is 11.6 Å². The summed E-state index contributed by atoms with van der Waals surface area (Å²) < 4.78 is 0. The molecule has 0 aliphatic carbocycles. The maximum absolute atomic E-state index is 12.5. The zero-order chi connectivity index (χ0) is 14.7. The maximum Gasteiger partial charge on any atom is 0.242 e. The number of nitrogens with two attached hydrogens (primary N) is 1. The van der Waals surface area contributed by atoms with Crippen molar-refractivity contribution in [3.63, 3.8) is 0 Å². The Bertz CT molecular complexity index is 497. The predicted octanol–water partition coefficient (Wildman–Crippen LogP) is 2.30. The van der Waals surface area contributed by atoms with Gasteiger partial charge in [-0.05, 0) is 43.7 Å². The molecule has 1 unspecified atom stereocenters. The molecular formula is C17H25N3O. The molecule has 0 bridgehead atoms. The van der Waals surface area contributed by atoms with Crippen LogP contribution in [0.3, 0.4) is 0 Å². The quantitative estimate of drug-likeness (QED) is 0.908. The summed E-state index contributed by atoms with van der Waals surface area (Å²) in [5, 5.41) is 0. The molecular weight excluding hydrogens is 262 g/mol. The Morgan fingerprint density at radius 2 is 1.86 bits per heavy atom. The van der Waals surface area contributed by atoms with Gasteiger partial charge < -0.3 is 15.5 Å². The van der Waals surface area contributed by atoms with E-state index in [1.807, 2.05) is 17.0 Å². The Labute approximate surface area is 126 Å². The minimum atomic E-state index is 0.0938. The predicted molar refractivity (Wildman–Crippen MR) is 85.2 cm³/mol. The van der Waals surface area contributed by atoms with Gasteiger partial charge in [-0.2, -0.15) is 0 Å². The third kappa shape index (κ3) is 3.21. The number of para-hydroxylation sites is 1. The number of nitrogens with zero attached hydrogens (tertiary/aromatic N) is 2. The van der Waals surface area contributed by atoms with Crippen molar-refractivity contribution < 1.29 is 4.79 Å². The number of hydrogen-bond acceptors (Lipinski definition) is 3. The Kier molecular flexibility index (Phi) is 4.44. The summed E-state index contributed by atoms with van der Waals surface area (Å²) >= 11 is 0. The van der Waals surface area contributed by atoms with Crippen molar-refractivity contribution in [1.29, 1.82) is 0 Å². The molecule has 2 aliphatic rings. The van der Waals surface area contributed by atoms with Gasteiger partial charge >= 0.3 is 0 Å². The first-order valence-corrected chi connectivity index (χ1v) is 8.13. The second kappa shape index (κ2) is 6.48. The van der Waals surface area contributed by atoms with Crippen molar-refractivity contribution in [1.82, 2.24) is 4.90 Å². The van der Waals surface area contributed by atoms with E-state index in [-0.39, 0.29) is 11.9 Å². The lowest BCUT2D eigenvalue weighted by atomic mass is 10.0. The lowest BCUT2D eigenvalue weighted by molar-refractivity contribution is -0.130. The Balaban J connectivity index is 1.75. The normalized spacial score (nSPS) is 22.6. The lowest BCUT2D eigenvalue weighted by Crippen LogP contribution is -2.43. The average molecular weight is 287 g/mol. The Hall–Kier alpha value is -1.55. The largest absolute Gasteiger partial charge is 0.362 e. The SMILES string of the molecule is NC1CCCN(CC(=O)N2CCCCC2)c2ccccc21. The van der Waals surface area contributed by atoms with Crippen LogP contribution in [0.25, 0.3) is 0 Å². The van der Waals surface area contributed by atoms with Crippen LogP contribution in [0.15, 0.2) is 24.3 Å². The van der Waals surface area contributed by atoms with Crippen molar-refractivity contribution in [2.24, 2.45) is 5.73 Å². The van der Waals surface area contributed by atoms with E-state index in [4.69, 9.17) is 5.73 Å². The van der Waals surface area contributed by atoms with Crippen LogP contribution in [-0.2, 0) is 4.79 Å². The molecule has 1 saturated heterocycles.